The molecule has 2 N–H and O–H groups in total. The Morgan fingerprint density at radius 1 is 1.25 bits per heavy atom. The summed E-state index contributed by atoms with van der Waals surface area (Å²) >= 11 is 0. The van der Waals surface area contributed by atoms with Crippen molar-refractivity contribution in [3.8, 4) is 0 Å². The summed E-state index contributed by atoms with van der Waals surface area (Å²) in [6.07, 6.45) is 1.69. The van der Waals surface area contributed by atoms with E-state index >= 15 is 0 Å². The Bertz CT molecular complexity index is 230. The zero-order valence-corrected chi connectivity index (χ0v) is 11.1. The molecule has 3 nitrogen and oxygen atoms in total. The molecule has 2 unspecified atom stereocenters. The lowest BCUT2D eigenvalue weighted by atomic mass is 9.81. The van der Waals surface area contributed by atoms with Gasteiger partial charge in [-0.2, -0.15) is 0 Å². The summed E-state index contributed by atoms with van der Waals surface area (Å²) in [6.45, 7) is 10.9. The zero-order chi connectivity index (χ0) is 12.3. The molecule has 0 radical (unpaired) electrons. The fraction of sp³-hybridized carbons (Fsp3) is 0.923. The van der Waals surface area contributed by atoms with Crippen molar-refractivity contribution < 1.29 is 4.79 Å². The largest absolute Gasteiger partial charge is 0.342 e. The van der Waals surface area contributed by atoms with E-state index in [0.29, 0.717) is 18.4 Å². The SMILES string of the molecule is CCC(CC)(CN)C(=O)N1CC(C)C(C)C1. The molecule has 1 saturated heterocycles. The van der Waals surface area contributed by atoms with Gasteiger partial charge in [0, 0.05) is 19.6 Å². The van der Waals surface area contributed by atoms with E-state index in [-0.39, 0.29) is 11.3 Å². The number of carbonyl (C=O) groups is 1. The molecule has 0 spiro atoms. The molecule has 0 aromatic carbocycles. The predicted molar refractivity (Wildman–Crippen MR) is 67.0 cm³/mol. The third-order valence-corrected chi connectivity index (χ3v) is 4.47. The normalized spacial score (nSPS) is 26.2. The van der Waals surface area contributed by atoms with Gasteiger partial charge in [-0.25, -0.2) is 0 Å². The van der Waals surface area contributed by atoms with Gasteiger partial charge in [-0.3, -0.25) is 4.79 Å². The first kappa shape index (κ1) is 13.5. The van der Waals surface area contributed by atoms with Crippen molar-refractivity contribution in [2.75, 3.05) is 19.6 Å². The van der Waals surface area contributed by atoms with E-state index in [0.717, 1.165) is 25.9 Å². The molecule has 1 heterocycles. The number of rotatable bonds is 4. The monoisotopic (exact) mass is 226 g/mol. The van der Waals surface area contributed by atoms with Gasteiger partial charge in [-0.1, -0.05) is 27.7 Å². The second kappa shape index (κ2) is 5.17. The van der Waals surface area contributed by atoms with Gasteiger partial charge in [0.2, 0.25) is 5.91 Å². The number of hydrogen-bond donors (Lipinski definition) is 1. The summed E-state index contributed by atoms with van der Waals surface area (Å²) in [5.41, 5.74) is 5.50. The minimum absolute atomic E-state index is 0.274. The number of nitrogens with zero attached hydrogens (tertiary/aromatic N) is 1. The third-order valence-electron chi connectivity index (χ3n) is 4.47. The average Bonchev–Trinajstić information content (AvgIpc) is 2.62. The Hall–Kier alpha value is -0.570. The smallest absolute Gasteiger partial charge is 0.230 e. The van der Waals surface area contributed by atoms with E-state index < -0.39 is 0 Å². The van der Waals surface area contributed by atoms with Crippen molar-refractivity contribution in [1.82, 2.24) is 4.90 Å². The first-order valence-corrected chi connectivity index (χ1v) is 6.50. The van der Waals surface area contributed by atoms with Crippen LogP contribution in [-0.2, 0) is 4.79 Å². The molecule has 1 aliphatic heterocycles. The maximum atomic E-state index is 12.5. The number of hydrogen-bond acceptors (Lipinski definition) is 2. The first-order valence-electron chi connectivity index (χ1n) is 6.50. The third kappa shape index (κ3) is 2.24. The second-order valence-corrected chi connectivity index (χ2v) is 5.36. The van der Waals surface area contributed by atoms with Crippen molar-refractivity contribution >= 4 is 5.91 Å². The first-order chi connectivity index (χ1) is 7.50. The Labute approximate surface area is 99.4 Å². The fourth-order valence-electron chi connectivity index (χ4n) is 2.56. The van der Waals surface area contributed by atoms with Gasteiger partial charge in [-0.05, 0) is 24.7 Å². The lowest BCUT2D eigenvalue weighted by Gasteiger charge is -2.33. The van der Waals surface area contributed by atoms with Gasteiger partial charge in [0.1, 0.15) is 0 Å². The molecule has 0 aliphatic carbocycles. The molecule has 0 saturated carbocycles. The van der Waals surface area contributed by atoms with Crippen molar-refractivity contribution in [1.29, 1.82) is 0 Å². The lowest BCUT2D eigenvalue weighted by Crippen LogP contribution is -2.46. The fourth-order valence-corrected chi connectivity index (χ4v) is 2.56. The van der Waals surface area contributed by atoms with E-state index in [9.17, 15) is 4.79 Å². The van der Waals surface area contributed by atoms with E-state index in [2.05, 4.69) is 27.7 Å². The van der Waals surface area contributed by atoms with Crippen LogP contribution in [-0.4, -0.2) is 30.4 Å². The number of carbonyl (C=O) groups excluding carboxylic acids is 1. The minimum atomic E-state index is -0.316. The Kier molecular flexibility index (Phi) is 4.36. The molecule has 1 fully saturated rings. The summed E-state index contributed by atoms with van der Waals surface area (Å²) in [5.74, 6) is 1.51. The van der Waals surface area contributed by atoms with Gasteiger partial charge in [0.15, 0.2) is 0 Å². The van der Waals surface area contributed by atoms with Crippen LogP contribution in [0.5, 0.6) is 0 Å². The standard InChI is InChI=1S/C13H26N2O/c1-5-13(6-2,9-14)12(16)15-7-10(3)11(4)8-15/h10-11H,5-9,14H2,1-4H3. The molecule has 0 bridgehead atoms. The molecule has 1 amide bonds. The van der Waals surface area contributed by atoms with Gasteiger partial charge in [0.05, 0.1) is 5.41 Å². The highest BCUT2D eigenvalue weighted by Crippen LogP contribution is 2.32. The number of likely N-dealkylation sites (tertiary alicyclic amines) is 1. The van der Waals surface area contributed by atoms with Crippen molar-refractivity contribution in [2.24, 2.45) is 23.0 Å². The molecule has 0 aromatic heterocycles. The molecular formula is C13H26N2O. The molecular weight excluding hydrogens is 200 g/mol. The summed E-state index contributed by atoms with van der Waals surface area (Å²) in [7, 11) is 0. The van der Waals surface area contributed by atoms with Crippen LogP contribution >= 0.6 is 0 Å². The van der Waals surface area contributed by atoms with Crippen molar-refractivity contribution in [2.45, 2.75) is 40.5 Å². The quantitative estimate of drug-likeness (QED) is 0.795. The van der Waals surface area contributed by atoms with Crippen LogP contribution in [0.3, 0.4) is 0 Å². The van der Waals surface area contributed by atoms with Crippen LogP contribution in [0, 0.1) is 17.3 Å². The Morgan fingerprint density at radius 3 is 2.00 bits per heavy atom. The van der Waals surface area contributed by atoms with Gasteiger partial charge in [-0.15, -0.1) is 0 Å². The van der Waals surface area contributed by atoms with Crippen molar-refractivity contribution in [3.63, 3.8) is 0 Å². The van der Waals surface area contributed by atoms with Crippen LogP contribution in [0.25, 0.3) is 0 Å². The van der Waals surface area contributed by atoms with Crippen LogP contribution in [0.1, 0.15) is 40.5 Å². The summed E-state index contributed by atoms with van der Waals surface area (Å²) < 4.78 is 0. The summed E-state index contributed by atoms with van der Waals surface area (Å²) in [6, 6.07) is 0. The van der Waals surface area contributed by atoms with Gasteiger partial charge in [0.25, 0.3) is 0 Å². The summed E-state index contributed by atoms with van der Waals surface area (Å²) in [4.78, 5) is 14.5. The predicted octanol–water partition coefficient (Wildman–Crippen LogP) is 1.87. The van der Waals surface area contributed by atoms with Crippen LogP contribution in [0.15, 0.2) is 0 Å². The van der Waals surface area contributed by atoms with Crippen molar-refractivity contribution in [3.05, 3.63) is 0 Å². The Morgan fingerprint density at radius 2 is 1.69 bits per heavy atom. The highest BCUT2D eigenvalue weighted by atomic mass is 16.2. The van der Waals surface area contributed by atoms with Crippen LogP contribution in [0.2, 0.25) is 0 Å². The lowest BCUT2D eigenvalue weighted by molar-refractivity contribution is -0.141. The molecule has 16 heavy (non-hydrogen) atoms. The van der Waals surface area contributed by atoms with E-state index in [4.69, 9.17) is 5.73 Å². The van der Waals surface area contributed by atoms with Crippen LogP contribution in [0.4, 0.5) is 0 Å². The summed E-state index contributed by atoms with van der Waals surface area (Å²) in [5, 5.41) is 0. The highest BCUT2D eigenvalue weighted by Gasteiger charge is 2.40. The zero-order valence-electron chi connectivity index (χ0n) is 11.1. The van der Waals surface area contributed by atoms with Gasteiger partial charge < -0.3 is 10.6 Å². The van der Waals surface area contributed by atoms with E-state index in [1.807, 2.05) is 4.90 Å². The second-order valence-electron chi connectivity index (χ2n) is 5.36. The topological polar surface area (TPSA) is 46.3 Å². The molecule has 0 aromatic rings. The molecule has 3 heteroatoms. The van der Waals surface area contributed by atoms with E-state index in [1.54, 1.807) is 0 Å². The molecule has 2 atom stereocenters. The molecule has 1 rings (SSSR count). The maximum Gasteiger partial charge on any atom is 0.230 e. The number of nitrogens with two attached hydrogens (primary N) is 1. The van der Waals surface area contributed by atoms with E-state index in [1.165, 1.54) is 0 Å². The maximum absolute atomic E-state index is 12.5. The number of amides is 1. The van der Waals surface area contributed by atoms with Crippen LogP contribution < -0.4 is 5.73 Å². The molecule has 94 valence electrons. The Balaban J connectivity index is 2.77. The minimum Gasteiger partial charge on any atom is -0.342 e. The highest BCUT2D eigenvalue weighted by molar-refractivity contribution is 5.83. The average molecular weight is 226 g/mol. The van der Waals surface area contributed by atoms with Gasteiger partial charge >= 0.3 is 0 Å². The molecule has 1 aliphatic rings.